The molecule has 20 heavy (non-hydrogen) atoms. The summed E-state index contributed by atoms with van der Waals surface area (Å²) in [6, 6.07) is 8.47. The Labute approximate surface area is 121 Å². The summed E-state index contributed by atoms with van der Waals surface area (Å²) in [5.41, 5.74) is 8.33. The van der Waals surface area contributed by atoms with Crippen LogP contribution in [0.15, 0.2) is 42.9 Å². The van der Waals surface area contributed by atoms with Gasteiger partial charge in [-0.1, -0.05) is 19.4 Å². The standard InChI is InChI=1S/C17H25N3/c1-15(16-7-4-11-19-14-16)6-2-3-12-20-13-5-8-17(20)9-10-18/h4-5,7-8,11,13-15H,2-3,6,9-10,12,18H2,1H3. The van der Waals surface area contributed by atoms with Crippen LogP contribution >= 0.6 is 0 Å². The summed E-state index contributed by atoms with van der Waals surface area (Å²) in [6.07, 6.45) is 10.6. The summed E-state index contributed by atoms with van der Waals surface area (Å²) in [7, 11) is 0. The van der Waals surface area contributed by atoms with E-state index in [1.165, 1.54) is 30.5 Å². The highest BCUT2D eigenvalue weighted by Crippen LogP contribution is 2.20. The van der Waals surface area contributed by atoms with Crippen molar-refractivity contribution in [3.8, 4) is 0 Å². The molecule has 3 heteroatoms. The highest BCUT2D eigenvalue weighted by Gasteiger charge is 2.05. The third-order valence-electron chi connectivity index (χ3n) is 3.86. The zero-order valence-electron chi connectivity index (χ0n) is 12.3. The SMILES string of the molecule is CC(CCCCn1cccc1CCN)c1cccnc1. The van der Waals surface area contributed by atoms with Gasteiger partial charge < -0.3 is 10.3 Å². The summed E-state index contributed by atoms with van der Waals surface area (Å²) in [6.45, 7) is 4.11. The maximum Gasteiger partial charge on any atom is 0.0302 e. The quantitative estimate of drug-likeness (QED) is 0.748. The maximum atomic E-state index is 5.63. The van der Waals surface area contributed by atoms with Gasteiger partial charge in [-0.2, -0.15) is 0 Å². The largest absolute Gasteiger partial charge is 0.351 e. The van der Waals surface area contributed by atoms with Crippen LogP contribution in [0, 0.1) is 0 Å². The Morgan fingerprint density at radius 1 is 1.25 bits per heavy atom. The zero-order valence-corrected chi connectivity index (χ0v) is 12.3. The third-order valence-corrected chi connectivity index (χ3v) is 3.86. The summed E-state index contributed by atoms with van der Waals surface area (Å²) < 4.78 is 2.33. The predicted octanol–water partition coefficient (Wildman–Crippen LogP) is 3.36. The molecule has 0 amide bonds. The second-order valence-electron chi connectivity index (χ2n) is 5.41. The van der Waals surface area contributed by atoms with E-state index in [1.54, 1.807) is 0 Å². The molecule has 0 spiro atoms. The fraction of sp³-hybridized carbons (Fsp3) is 0.471. The van der Waals surface area contributed by atoms with Crippen molar-refractivity contribution in [2.24, 2.45) is 5.73 Å². The maximum absolute atomic E-state index is 5.63. The number of nitrogens with two attached hydrogens (primary N) is 1. The van der Waals surface area contributed by atoms with E-state index in [-0.39, 0.29) is 0 Å². The molecule has 0 aliphatic carbocycles. The van der Waals surface area contributed by atoms with Gasteiger partial charge in [0.05, 0.1) is 0 Å². The molecule has 0 bridgehead atoms. The first-order chi connectivity index (χ1) is 9.81. The van der Waals surface area contributed by atoms with Crippen LogP contribution in [0.2, 0.25) is 0 Å². The van der Waals surface area contributed by atoms with Gasteiger partial charge in [0.1, 0.15) is 0 Å². The number of nitrogens with zero attached hydrogens (tertiary/aromatic N) is 2. The Hall–Kier alpha value is -1.61. The van der Waals surface area contributed by atoms with Crippen LogP contribution in [0.1, 0.15) is 43.4 Å². The minimum Gasteiger partial charge on any atom is -0.351 e. The average Bonchev–Trinajstić information content (AvgIpc) is 2.92. The lowest BCUT2D eigenvalue weighted by atomic mass is 9.97. The van der Waals surface area contributed by atoms with Gasteiger partial charge in [-0.25, -0.2) is 0 Å². The van der Waals surface area contributed by atoms with Gasteiger partial charge in [-0.15, -0.1) is 0 Å². The number of hydrogen-bond donors (Lipinski definition) is 1. The number of unbranched alkanes of at least 4 members (excludes halogenated alkanes) is 1. The lowest BCUT2D eigenvalue weighted by Crippen LogP contribution is -2.08. The molecule has 2 aromatic rings. The highest BCUT2D eigenvalue weighted by molar-refractivity contribution is 5.13. The second-order valence-corrected chi connectivity index (χ2v) is 5.41. The van der Waals surface area contributed by atoms with Crippen LogP contribution in [0.25, 0.3) is 0 Å². The van der Waals surface area contributed by atoms with Crippen molar-refractivity contribution >= 4 is 0 Å². The van der Waals surface area contributed by atoms with E-state index in [0.717, 1.165) is 19.5 Å². The van der Waals surface area contributed by atoms with Gasteiger partial charge in [0, 0.05) is 30.8 Å². The van der Waals surface area contributed by atoms with Crippen LogP contribution in [0.5, 0.6) is 0 Å². The van der Waals surface area contributed by atoms with E-state index in [4.69, 9.17) is 5.73 Å². The molecule has 0 saturated carbocycles. The monoisotopic (exact) mass is 271 g/mol. The van der Waals surface area contributed by atoms with Gasteiger partial charge in [0.25, 0.3) is 0 Å². The van der Waals surface area contributed by atoms with E-state index < -0.39 is 0 Å². The molecule has 0 fully saturated rings. The van der Waals surface area contributed by atoms with Crippen LogP contribution in [-0.2, 0) is 13.0 Å². The molecule has 0 radical (unpaired) electrons. The molecule has 0 aliphatic heterocycles. The van der Waals surface area contributed by atoms with E-state index >= 15 is 0 Å². The van der Waals surface area contributed by atoms with Crippen LogP contribution in [-0.4, -0.2) is 16.1 Å². The van der Waals surface area contributed by atoms with Gasteiger partial charge >= 0.3 is 0 Å². The summed E-state index contributed by atoms with van der Waals surface area (Å²) >= 11 is 0. The van der Waals surface area contributed by atoms with Crippen LogP contribution < -0.4 is 5.73 Å². The molecule has 108 valence electrons. The zero-order chi connectivity index (χ0) is 14.2. The number of pyridine rings is 1. The normalized spacial score (nSPS) is 12.5. The molecule has 0 saturated heterocycles. The molecule has 0 aromatic carbocycles. The fourth-order valence-corrected chi connectivity index (χ4v) is 2.61. The predicted molar refractivity (Wildman–Crippen MR) is 83.7 cm³/mol. The summed E-state index contributed by atoms with van der Waals surface area (Å²) in [5, 5.41) is 0. The van der Waals surface area contributed by atoms with Crippen molar-refractivity contribution in [2.45, 2.75) is 45.1 Å². The van der Waals surface area contributed by atoms with Crippen molar-refractivity contribution in [1.82, 2.24) is 9.55 Å². The molecule has 2 rings (SSSR count). The Balaban J connectivity index is 1.72. The Kier molecular flexibility index (Phi) is 5.81. The van der Waals surface area contributed by atoms with Gasteiger partial charge in [-0.3, -0.25) is 4.98 Å². The van der Waals surface area contributed by atoms with Crippen molar-refractivity contribution in [1.29, 1.82) is 0 Å². The highest BCUT2D eigenvalue weighted by atomic mass is 15.0. The van der Waals surface area contributed by atoms with E-state index in [0.29, 0.717) is 5.92 Å². The van der Waals surface area contributed by atoms with E-state index in [1.807, 2.05) is 18.5 Å². The number of rotatable bonds is 8. The van der Waals surface area contributed by atoms with E-state index in [2.05, 4.69) is 40.9 Å². The Morgan fingerprint density at radius 3 is 2.90 bits per heavy atom. The van der Waals surface area contributed by atoms with Crippen molar-refractivity contribution in [3.05, 3.63) is 54.1 Å². The Morgan fingerprint density at radius 2 is 2.15 bits per heavy atom. The molecule has 2 aromatic heterocycles. The van der Waals surface area contributed by atoms with Crippen molar-refractivity contribution in [2.75, 3.05) is 6.54 Å². The first-order valence-electron chi connectivity index (χ1n) is 7.55. The van der Waals surface area contributed by atoms with Crippen molar-refractivity contribution in [3.63, 3.8) is 0 Å². The summed E-state index contributed by atoms with van der Waals surface area (Å²) in [4.78, 5) is 4.19. The van der Waals surface area contributed by atoms with Crippen LogP contribution in [0.3, 0.4) is 0 Å². The number of aryl methyl sites for hydroxylation is 1. The lowest BCUT2D eigenvalue weighted by molar-refractivity contribution is 0.543. The van der Waals surface area contributed by atoms with Crippen LogP contribution in [0.4, 0.5) is 0 Å². The number of aromatic nitrogens is 2. The molecule has 2 heterocycles. The second kappa shape index (κ2) is 7.85. The summed E-state index contributed by atoms with van der Waals surface area (Å²) in [5.74, 6) is 0.594. The van der Waals surface area contributed by atoms with Crippen molar-refractivity contribution < 1.29 is 0 Å². The molecule has 1 atom stereocenters. The molecular weight excluding hydrogens is 246 g/mol. The minimum absolute atomic E-state index is 0.594. The first kappa shape index (κ1) is 14.8. The lowest BCUT2D eigenvalue weighted by Gasteiger charge is -2.12. The van der Waals surface area contributed by atoms with Gasteiger partial charge in [0.15, 0.2) is 0 Å². The molecule has 1 unspecified atom stereocenters. The van der Waals surface area contributed by atoms with Gasteiger partial charge in [-0.05, 0) is 55.5 Å². The average molecular weight is 271 g/mol. The van der Waals surface area contributed by atoms with Gasteiger partial charge in [0.2, 0.25) is 0 Å². The molecule has 3 nitrogen and oxygen atoms in total. The fourth-order valence-electron chi connectivity index (χ4n) is 2.61. The third kappa shape index (κ3) is 4.20. The topological polar surface area (TPSA) is 43.8 Å². The van der Waals surface area contributed by atoms with E-state index in [9.17, 15) is 0 Å². The smallest absolute Gasteiger partial charge is 0.0302 e. The molecule has 2 N–H and O–H groups in total. The Bertz CT molecular complexity index is 490. The number of hydrogen-bond acceptors (Lipinski definition) is 2. The minimum atomic E-state index is 0.594. The molecule has 0 aliphatic rings. The first-order valence-corrected chi connectivity index (χ1v) is 7.55. The molecular formula is C17H25N3.